The number of carbonyl (C=O) groups is 1. The molecule has 2 aliphatic heterocycles. The number of rotatable bonds is 0. The van der Waals surface area contributed by atoms with E-state index in [1.807, 2.05) is 0 Å². The van der Waals surface area contributed by atoms with Crippen molar-refractivity contribution in [3.8, 4) is 0 Å². The third-order valence-corrected chi connectivity index (χ3v) is 2.24. The Bertz CT molecular complexity index is 170. The molecule has 2 heterocycles. The number of hydrogen-bond donors (Lipinski definition) is 1. The van der Waals surface area contributed by atoms with Gasteiger partial charge in [0.2, 0.25) is 5.91 Å². The van der Waals surface area contributed by atoms with Crippen LogP contribution < -0.4 is 5.32 Å². The number of hydrogen-bond acceptors (Lipinski definition) is 3. The van der Waals surface area contributed by atoms with Crippen molar-refractivity contribution in [3.05, 3.63) is 0 Å². The number of amides is 1. The first-order valence-corrected chi connectivity index (χ1v) is 3.97. The monoisotopic (exact) mass is 156 g/mol. The van der Waals surface area contributed by atoms with Crippen LogP contribution in [0.3, 0.4) is 0 Å². The molecule has 0 aromatic carbocycles. The highest BCUT2D eigenvalue weighted by atomic mass is 16.5. The number of nitrogens with zero attached hydrogens (tertiary/aromatic N) is 1. The molecular formula is C7H12N2O2. The molecule has 62 valence electrons. The zero-order chi connectivity index (χ0) is 7.68. The first-order valence-electron chi connectivity index (χ1n) is 3.97. The topological polar surface area (TPSA) is 41.6 Å². The van der Waals surface area contributed by atoms with Crippen molar-refractivity contribution in [1.29, 1.82) is 0 Å². The fourth-order valence-corrected chi connectivity index (χ4v) is 1.59. The number of nitrogens with one attached hydrogen (secondary N) is 1. The van der Waals surface area contributed by atoms with Crippen LogP contribution in [0.4, 0.5) is 0 Å². The Labute approximate surface area is 65.5 Å². The van der Waals surface area contributed by atoms with Gasteiger partial charge in [0.25, 0.3) is 0 Å². The molecule has 11 heavy (non-hydrogen) atoms. The van der Waals surface area contributed by atoms with E-state index in [0.29, 0.717) is 6.61 Å². The quantitative estimate of drug-likeness (QED) is 0.480. The Morgan fingerprint density at radius 3 is 3.27 bits per heavy atom. The van der Waals surface area contributed by atoms with Crippen molar-refractivity contribution in [2.75, 3.05) is 32.8 Å². The minimum absolute atomic E-state index is 0.0162. The number of piperazine rings is 1. The maximum Gasteiger partial charge on any atom is 0.239 e. The minimum Gasteiger partial charge on any atom is -0.378 e. The summed E-state index contributed by atoms with van der Waals surface area (Å²) in [5.74, 6) is 0.121. The molecule has 2 saturated heterocycles. The first kappa shape index (κ1) is 7.06. The summed E-state index contributed by atoms with van der Waals surface area (Å²) < 4.78 is 5.21. The third kappa shape index (κ3) is 1.23. The molecule has 1 N–H and O–H groups in total. The first-order chi connectivity index (χ1) is 5.38. The molecule has 0 aromatic heterocycles. The van der Waals surface area contributed by atoms with E-state index in [4.69, 9.17) is 4.74 Å². The van der Waals surface area contributed by atoms with Gasteiger partial charge >= 0.3 is 0 Å². The fourth-order valence-electron chi connectivity index (χ4n) is 1.59. The Balaban J connectivity index is 2.05. The number of fused-ring (bicyclic) bond motifs is 1. The Kier molecular flexibility index (Phi) is 1.79. The summed E-state index contributed by atoms with van der Waals surface area (Å²) in [7, 11) is 0. The highest BCUT2D eigenvalue weighted by molar-refractivity contribution is 5.82. The van der Waals surface area contributed by atoms with Crippen LogP contribution in [0.1, 0.15) is 0 Å². The van der Waals surface area contributed by atoms with Gasteiger partial charge in [-0.3, -0.25) is 9.69 Å². The molecule has 2 aliphatic rings. The molecule has 2 fully saturated rings. The predicted octanol–water partition coefficient (Wildman–Crippen LogP) is -1.18. The Morgan fingerprint density at radius 2 is 2.45 bits per heavy atom. The van der Waals surface area contributed by atoms with Gasteiger partial charge in [0.1, 0.15) is 6.04 Å². The normalized spacial score (nSPS) is 32.7. The predicted molar refractivity (Wildman–Crippen MR) is 39.2 cm³/mol. The van der Waals surface area contributed by atoms with Gasteiger partial charge in [0.15, 0.2) is 0 Å². The number of carbonyl (C=O) groups excluding carboxylic acids is 1. The van der Waals surface area contributed by atoms with Crippen LogP contribution in [0.15, 0.2) is 0 Å². The molecule has 4 heteroatoms. The van der Waals surface area contributed by atoms with Crippen LogP contribution in [0.2, 0.25) is 0 Å². The minimum atomic E-state index is -0.0162. The maximum absolute atomic E-state index is 11.2. The van der Waals surface area contributed by atoms with E-state index in [0.717, 1.165) is 26.2 Å². The molecule has 0 radical (unpaired) electrons. The molecule has 0 aliphatic carbocycles. The van der Waals surface area contributed by atoms with E-state index >= 15 is 0 Å². The van der Waals surface area contributed by atoms with Crippen LogP contribution in [0.25, 0.3) is 0 Å². The highest BCUT2D eigenvalue weighted by Crippen LogP contribution is 2.08. The lowest BCUT2D eigenvalue weighted by Gasteiger charge is -2.37. The summed E-state index contributed by atoms with van der Waals surface area (Å²) in [4.78, 5) is 13.4. The molecule has 2 rings (SSSR count). The standard InChI is InChI=1S/C7H12N2O2/c10-7-6-5-11-4-3-9(6)2-1-8-7/h6H,1-5H2,(H,8,10)/t6-/m0/s1. The average Bonchev–Trinajstić information content (AvgIpc) is 2.06. The lowest BCUT2D eigenvalue weighted by atomic mass is 10.1. The second-order valence-corrected chi connectivity index (χ2v) is 2.92. The van der Waals surface area contributed by atoms with E-state index in [1.54, 1.807) is 0 Å². The summed E-state index contributed by atoms with van der Waals surface area (Å²) in [6.45, 7) is 3.99. The van der Waals surface area contributed by atoms with Gasteiger partial charge < -0.3 is 10.1 Å². The molecule has 1 atom stereocenters. The molecular weight excluding hydrogens is 144 g/mol. The van der Waals surface area contributed by atoms with Gasteiger partial charge in [-0.2, -0.15) is 0 Å². The zero-order valence-corrected chi connectivity index (χ0v) is 6.38. The summed E-state index contributed by atoms with van der Waals surface area (Å²) in [5, 5.41) is 2.82. The van der Waals surface area contributed by atoms with Crippen LogP contribution in [-0.4, -0.2) is 49.7 Å². The molecule has 1 amide bonds. The molecule has 0 spiro atoms. The van der Waals surface area contributed by atoms with Crippen LogP contribution >= 0.6 is 0 Å². The van der Waals surface area contributed by atoms with Gasteiger partial charge in [-0.1, -0.05) is 0 Å². The molecule has 0 saturated carbocycles. The second-order valence-electron chi connectivity index (χ2n) is 2.92. The number of morpholine rings is 1. The van der Waals surface area contributed by atoms with Crippen molar-refractivity contribution >= 4 is 5.91 Å². The SMILES string of the molecule is O=C1NCCN2CCOC[C@@H]12. The van der Waals surface area contributed by atoms with E-state index in [-0.39, 0.29) is 11.9 Å². The van der Waals surface area contributed by atoms with E-state index in [2.05, 4.69) is 10.2 Å². The molecule has 4 nitrogen and oxygen atoms in total. The van der Waals surface area contributed by atoms with Crippen molar-refractivity contribution in [2.24, 2.45) is 0 Å². The molecule has 0 unspecified atom stereocenters. The lowest BCUT2D eigenvalue weighted by molar-refractivity contribution is -0.136. The molecule has 0 bridgehead atoms. The van der Waals surface area contributed by atoms with E-state index in [1.165, 1.54) is 0 Å². The Morgan fingerprint density at radius 1 is 1.55 bits per heavy atom. The fraction of sp³-hybridized carbons (Fsp3) is 0.857. The van der Waals surface area contributed by atoms with Crippen molar-refractivity contribution in [1.82, 2.24) is 10.2 Å². The summed E-state index contributed by atoms with van der Waals surface area (Å²) >= 11 is 0. The smallest absolute Gasteiger partial charge is 0.239 e. The van der Waals surface area contributed by atoms with Crippen LogP contribution in [-0.2, 0) is 9.53 Å². The third-order valence-electron chi connectivity index (χ3n) is 2.24. The Hall–Kier alpha value is -0.610. The zero-order valence-electron chi connectivity index (χ0n) is 6.38. The van der Waals surface area contributed by atoms with Gasteiger partial charge in [0.05, 0.1) is 13.2 Å². The number of ether oxygens (including phenoxy) is 1. The summed E-state index contributed by atoms with van der Waals surface area (Å²) in [6.07, 6.45) is 0. The van der Waals surface area contributed by atoms with E-state index < -0.39 is 0 Å². The van der Waals surface area contributed by atoms with Gasteiger partial charge in [-0.15, -0.1) is 0 Å². The van der Waals surface area contributed by atoms with Gasteiger partial charge in [-0.05, 0) is 0 Å². The summed E-state index contributed by atoms with van der Waals surface area (Å²) in [5.41, 5.74) is 0. The van der Waals surface area contributed by atoms with Gasteiger partial charge in [-0.25, -0.2) is 0 Å². The van der Waals surface area contributed by atoms with Gasteiger partial charge in [0, 0.05) is 19.6 Å². The maximum atomic E-state index is 11.2. The van der Waals surface area contributed by atoms with Crippen LogP contribution in [0.5, 0.6) is 0 Å². The van der Waals surface area contributed by atoms with Crippen molar-refractivity contribution in [3.63, 3.8) is 0 Å². The lowest BCUT2D eigenvalue weighted by Crippen LogP contribution is -2.59. The van der Waals surface area contributed by atoms with Crippen molar-refractivity contribution in [2.45, 2.75) is 6.04 Å². The van der Waals surface area contributed by atoms with Crippen molar-refractivity contribution < 1.29 is 9.53 Å². The largest absolute Gasteiger partial charge is 0.378 e. The highest BCUT2D eigenvalue weighted by Gasteiger charge is 2.31. The average molecular weight is 156 g/mol. The second kappa shape index (κ2) is 2.79. The van der Waals surface area contributed by atoms with Crippen LogP contribution in [0, 0.1) is 0 Å². The summed E-state index contributed by atoms with van der Waals surface area (Å²) in [6, 6.07) is -0.0162. The van der Waals surface area contributed by atoms with E-state index in [9.17, 15) is 4.79 Å². The molecule has 0 aromatic rings.